The number of hydrogen-bond donors (Lipinski definition) is 1. The van der Waals surface area contributed by atoms with E-state index in [1.165, 1.54) is 12.1 Å². The average Bonchev–Trinajstić information content (AvgIpc) is 2.58. The predicted octanol–water partition coefficient (Wildman–Crippen LogP) is 2.69. The van der Waals surface area contributed by atoms with Gasteiger partial charge in [-0.05, 0) is 37.5 Å². The molecule has 7 nitrogen and oxygen atoms in total. The summed E-state index contributed by atoms with van der Waals surface area (Å²) >= 11 is 0. The smallest absolute Gasteiger partial charge is 0.306 e. The second-order valence-electron chi connectivity index (χ2n) is 5.84. The maximum atomic E-state index is 12.4. The minimum Gasteiger partial charge on any atom is -0.493 e. The maximum absolute atomic E-state index is 12.4. The van der Waals surface area contributed by atoms with Gasteiger partial charge in [-0.25, -0.2) is 4.98 Å². The molecule has 0 aliphatic heterocycles. The Hall–Kier alpha value is -2.35. The summed E-state index contributed by atoms with van der Waals surface area (Å²) in [6.07, 6.45) is 2.98. The molecule has 0 aliphatic carbocycles. The van der Waals surface area contributed by atoms with Gasteiger partial charge in [0.25, 0.3) is 5.56 Å². The van der Waals surface area contributed by atoms with Crippen LogP contribution in [0.2, 0.25) is 0 Å². The summed E-state index contributed by atoms with van der Waals surface area (Å²) in [4.78, 5) is 19.7. The Morgan fingerprint density at radius 1 is 1.15 bits per heavy atom. The lowest BCUT2D eigenvalue weighted by Gasteiger charge is -2.14. The van der Waals surface area contributed by atoms with Gasteiger partial charge in [-0.15, -0.1) is 0 Å². The monoisotopic (exact) mass is 380 g/mol. The highest BCUT2D eigenvalue weighted by Crippen LogP contribution is 2.32. The molecule has 0 fully saturated rings. The molecule has 0 aliphatic rings. The van der Waals surface area contributed by atoms with E-state index in [-0.39, 0.29) is 11.3 Å². The van der Waals surface area contributed by atoms with Gasteiger partial charge in [-0.3, -0.25) is 4.79 Å². The van der Waals surface area contributed by atoms with Gasteiger partial charge in [0, 0.05) is 5.56 Å². The van der Waals surface area contributed by atoms with Gasteiger partial charge in [0.1, 0.15) is 17.3 Å². The summed E-state index contributed by atoms with van der Waals surface area (Å²) in [6, 6.07) is 4.63. The topological polar surface area (TPSA) is 98.3 Å². The van der Waals surface area contributed by atoms with Gasteiger partial charge in [0.05, 0.1) is 24.1 Å². The third-order valence-corrected chi connectivity index (χ3v) is 4.20. The highest BCUT2D eigenvalue weighted by atomic mass is 32.2. The number of hydrogen-bond acceptors (Lipinski definition) is 6. The number of H-pyrrole nitrogens is 1. The number of benzene rings is 1. The van der Waals surface area contributed by atoms with Crippen molar-refractivity contribution < 1.29 is 17.3 Å². The molecule has 0 amide bonds. The molecule has 142 valence electrons. The first-order valence-electron chi connectivity index (χ1n) is 8.57. The molecule has 8 heteroatoms. The van der Waals surface area contributed by atoms with Crippen LogP contribution < -0.4 is 14.5 Å². The summed E-state index contributed by atoms with van der Waals surface area (Å²) in [7, 11) is -3.67. The summed E-state index contributed by atoms with van der Waals surface area (Å²) in [5.41, 5.74) is 1.64. The van der Waals surface area contributed by atoms with Crippen LogP contribution in [0, 0.1) is 0 Å². The summed E-state index contributed by atoms with van der Waals surface area (Å²) in [5, 5.41) is 0. The van der Waals surface area contributed by atoms with E-state index in [9.17, 15) is 13.2 Å². The molecule has 0 radical (unpaired) electrons. The Kier molecular flexibility index (Phi) is 6.42. The number of aryl methyl sites for hydroxylation is 1. The lowest BCUT2D eigenvalue weighted by Crippen LogP contribution is -2.18. The second-order valence-corrected chi connectivity index (χ2v) is 7.42. The van der Waals surface area contributed by atoms with Crippen LogP contribution in [0.15, 0.2) is 23.0 Å². The Labute approximate surface area is 153 Å². The minimum atomic E-state index is -3.67. The molecule has 2 rings (SSSR count). The van der Waals surface area contributed by atoms with Crippen molar-refractivity contribution in [2.24, 2.45) is 0 Å². The van der Waals surface area contributed by atoms with Crippen LogP contribution in [-0.4, -0.2) is 31.2 Å². The van der Waals surface area contributed by atoms with Gasteiger partial charge in [0.15, 0.2) is 0 Å². The molecule has 0 spiro atoms. The van der Waals surface area contributed by atoms with Crippen molar-refractivity contribution in [3.63, 3.8) is 0 Å². The van der Waals surface area contributed by atoms with Gasteiger partial charge in [-0.2, -0.15) is 8.42 Å². The van der Waals surface area contributed by atoms with Gasteiger partial charge < -0.3 is 13.9 Å². The summed E-state index contributed by atoms with van der Waals surface area (Å²) in [6.45, 7) is 6.30. The van der Waals surface area contributed by atoms with Crippen LogP contribution in [0.25, 0.3) is 11.4 Å². The van der Waals surface area contributed by atoms with Crippen LogP contribution in [0.5, 0.6) is 11.5 Å². The minimum absolute atomic E-state index is 0.131. The third kappa shape index (κ3) is 4.85. The second kappa shape index (κ2) is 8.35. The Balaban J connectivity index is 2.62. The van der Waals surface area contributed by atoms with E-state index in [2.05, 4.69) is 9.97 Å². The number of aromatic amines is 1. The van der Waals surface area contributed by atoms with Crippen molar-refractivity contribution in [2.45, 2.75) is 40.0 Å². The predicted molar refractivity (Wildman–Crippen MR) is 100 cm³/mol. The normalized spacial score (nSPS) is 11.4. The molecule has 0 saturated heterocycles. The highest BCUT2D eigenvalue weighted by Gasteiger charge is 2.16. The van der Waals surface area contributed by atoms with Crippen LogP contribution >= 0.6 is 0 Å². The number of nitrogens with one attached hydrogen (secondary N) is 1. The largest absolute Gasteiger partial charge is 0.493 e. The number of rotatable bonds is 8. The van der Waals surface area contributed by atoms with E-state index in [4.69, 9.17) is 8.92 Å². The molecule has 1 aromatic carbocycles. The van der Waals surface area contributed by atoms with Crippen molar-refractivity contribution >= 4 is 10.1 Å². The standard InChI is InChI=1S/C18H24N2O5S/c1-5-10-24-16-9-8-12(25-26(4,22)23)11-14(16)17-19-15(7-3)13(6-2)18(21)20-17/h8-9,11H,5-7,10H2,1-4H3,(H,19,20,21). The van der Waals surface area contributed by atoms with Crippen molar-refractivity contribution in [1.29, 1.82) is 0 Å². The van der Waals surface area contributed by atoms with Crippen molar-refractivity contribution in [3.05, 3.63) is 39.8 Å². The SMILES string of the molecule is CCCOc1ccc(OS(C)(=O)=O)cc1-c1nc(CC)c(CC)c(=O)[nH]1. The molecule has 0 atom stereocenters. The lowest BCUT2D eigenvalue weighted by atomic mass is 10.1. The van der Waals surface area contributed by atoms with Crippen LogP contribution in [-0.2, 0) is 23.0 Å². The zero-order chi connectivity index (χ0) is 19.3. The summed E-state index contributed by atoms with van der Waals surface area (Å²) in [5.74, 6) is 0.961. The average molecular weight is 380 g/mol. The Morgan fingerprint density at radius 3 is 2.46 bits per heavy atom. The molecule has 1 N–H and O–H groups in total. The lowest BCUT2D eigenvalue weighted by molar-refractivity contribution is 0.318. The molecule has 0 unspecified atom stereocenters. The molecule has 0 saturated carbocycles. The fourth-order valence-electron chi connectivity index (χ4n) is 2.59. The highest BCUT2D eigenvalue weighted by molar-refractivity contribution is 7.86. The van der Waals surface area contributed by atoms with E-state index in [1.54, 1.807) is 6.07 Å². The van der Waals surface area contributed by atoms with E-state index in [0.29, 0.717) is 47.8 Å². The van der Waals surface area contributed by atoms with E-state index >= 15 is 0 Å². The third-order valence-electron chi connectivity index (χ3n) is 3.71. The van der Waals surface area contributed by atoms with Crippen molar-refractivity contribution in [3.8, 4) is 22.9 Å². The zero-order valence-electron chi connectivity index (χ0n) is 15.5. The Morgan fingerprint density at radius 2 is 1.88 bits per heavy atom. The number of ether oxygens (including phenoxy) is 1. The van der Waals surface area contributed by atoms with Gasteiger partial charge >= 0.3 is 10.1 Å². The number of nitrogens with zero attached hydrogens (tertiary/aromatic N) is 1. The first-order valence-corrected chi connectivity index (χ1v) is 10.4. The first-order chi connectivity index (χ1) is 12.3. The fraction of sp³-hybridized carbons (Fsp3) is 0.444. The zero-order valence-corrected chi connectivity index (χ0v) is 16.3. The quantitative estimate of drug-likeness (QED) is 0.707. The molecule has 2 aromatic rings. The van der Waals surface area contributed by atoms with Crippen molar-refractivity contribution in [2.75, 3.05) is 12.9 Å². The molecule has 0 bridgehead atoms. The summed E-state index contributed by atoms with van der Waals surface area (Å²) < 4.78 is 33.5. The van der Waals surface area contributed by atoms with Crippen molar-refractivity contribution in [1.82, 2.24) is 9.97 Å². The van der Waals surface area contributed by atoms with E-state index < -0.39 is 10.1 Å². The molecule has 26 heavy (non-hydrogen) atoms. The van der Waals surface area contributed by atoms with Gasteiger partial charge in [-0.1, -0.05) is 20.8 Å². The molecule has 1 aromatic heterocycles. The fourth-order valence-corrected chi connectivity index (χ4v) is 3.04. The van der Waals surface area contributed by atoms with E-state index in [1.807, 2.05) is 20.8 Å². The molecular weight excluding hydrogens is 356 g/mol. The first kappa shape index (κ1) is 20.0. The van der Waals surface area contributed by atoms with Crippen LogP contribution in [0.1, 0.15) is 38.4 Å². The maximum Gasteiger partial charge on any atom is 0.306 e. The molecule has 1 heterocycles. The molecular formula is C18H24N2O5S. The van der Waals surface area contributed by atoms with Crippen LogP contribution in [0.3, 0.4) is 0 Å². The van der Waals surface area contributed by atoms with E-state index in [0.717, 1.165) is 12.7 Å². The van der Waals surface area contributed by atoms with Crippen LogP contribution in [0.4, 0.5) is 0 Å². The number of aromatic nitrogens is 2. The van der Waals surface area contributed by atoms with Gasteiger partial charge in [0.2, 0.25) is 0 Å². The Bertz CT molecular complexity index is 935.